The first-order chi connectivity index (χ1) is 12.8. The van der Waals surface area contributed by atoms with Gasteiger partial charge >= 0.3 is 0 Å². The zero-order valence-electron chi connectivity index (χ0n) is 14.1. The standard InChI is InChI=1S/C16H15Cl2N5O2S2/c1-27(24,25)20-7-8-26-16-22-21-15(11-3-2-6-19-10-11)23(16)12-4-5-13(17)14(18)9-12/h2-6,9-10,20H,7-8H2,1H3. The molecule has 2 aromatic heterocycles. The van der Waals surface area contributed by atoms with Gasteiger partial charge in [0.05, 0.1) is 22.0 Å². The number of hydrogen-bond acceptors (Lipinski definition) is 6. The zero-order chi connectivity index (χ0) is 19.4. The molecule has 0 bridgehead atoms. The molecule has 3 rings (SSSR count). The summed E-state index contributed by atoms with van der Waals surface area (Å²) in [5.41, 5.74) is 1.53. The molecule has 0 fully saturated rings. The molecular weight excluding hydrogens is 429 g/mol. The van der Waals surface area contributed by atoms with Gasteiger partial charge in [-0.3, -0.25) is 9.55 Å². The van der Waals surface area contributed by atoms with Crippen LogP contribution in [0.25, 0.3) is 17.1 Å². The number of benzene rings is 1. The quantitative estimate of drug-likeness (QED) is 0.445. The van der Waals surface area contributed by atoms with Crippen LogP contribution in [0.5, 0.6) is 0 Å². The van der Waals surface area contributed by atoms with E-state index >= 15 is 0 Å². The lowest BCUT2D eigenvalue weighted by Crippen LogP contribution is -2.24. The summed E-state index contributed by atoms with van der Waals surface area (Å²) in [5.74, 6) is 1.08. The van der Waals surface area contributed by atoms with E-state index in [1.807, 2.05) is 22.8 Å². The van der Waals surface area contributed by atoms with E-state index in [0.717, 1.165) is 17.5 Å². The van der Waals surface area contributed by atoms with Crippen molar-refractivity contribution in [3.05, 3.63) is 52.8 Å². The smallest absolute Gasteiger partial charge is 0.208 e. The van der Waals surface area contributed by atoms with Crippen LogP contribution in [0.3, 0.4) is 0 Å². The van der Waals surface area contributed by atoms with Crippen molar-refractivity contribution in [2.45, 2.75) is 5.16 Å². The molecule has 0 aliphatic carbocycles. The van der Waals surface area contributed by atoms with E-state index in [9.17, 15) is 8.42 Å². The molecule has 3 aromatic rings. The molecule has 27 heavy (non-hydrogen) atoms. The average Bonchev–Trinajstić information content (AvgIpc) is 3.05. The number of thioether (sulfide) groups is 1. The van der Waals surface area contributed by atoms with Crippen molar-refractivity contribution in [1.82, 2.24) is 24.5 Å². The number of aromatic nitrogens is 4. The second kappa shape index (κ2) is 8.57. The van der Waals surface area contributed by atoms with Crippen molar-refractivity contribution in [2.75, 3.05) is 18.6 Å². The molecule has 0 atom stereocenters. The van der Waals surface area contributed by atoms with E-state index in [-0.39, 0.29) is 6.54 Å². The van der Waals surface area contributed by atoms with Crippen molar-refractivity contribution in [1.29, 1.82) is 0 Å². The van der Waals surface area contributed by atoms with Crippen LogP contribution < -0.4 is 4.72 Å². The van der Waals surface area contributed by atoms with Crippen molar-refractivity contribution >= 4 is 45.0 Å². The third-order valence-electron chi connectivity index (χ3n) is 3.41. The number of sulfonamides is 1. The molecule has 1 N–H and O–H groups in total. The Bertz CT molecular complexity index is 1040. The summed E-state index contributed by atoms with van der Waals surface area (Å²) in [4.78, 5) is 4.13. The summed E-state index contributed by atoms with van der Waals surface area (Å²) >= 11 is 13.6. The van der Waals surface area contributed by atoms with Gasteiger partial charge in [-0.25, -0.2) is 13.1 Å². The lowest BCUT2D eigenvalue weighted by molar-refractivity contribution is 0.590. The normalized spacial score (nSPS) is 11.7. The Labute approximate surface area is 171 Å². The first-order valence-electron chi connectivity index (χ1n) is 7.74. The molecule has 11 heteroatoms. The first kappa shape index (κ1) is 20.1. The maximum atomic E-state index is 11.2. The number of hydrogen-bond donors (Lipinski definition) is 1. The maximum absolute atomic E-state index is 11.2. The fraction of sp³-hybridized carbons (Fsp3) is 0.188. The highest BCUT2D eigenvalue weighted by molar-refractivity contribution is 7.99. The molecule has 0 saturated carbocycles. The monoisotopic (exact) mass is 443 g/mol. The highest BCUT2D eigenvalue weighted by Crippen LogP contribution is 2.31. The van der Waals surface area contributed by atoms with Gasteiger partial charge < -0.3 is 0 Å². The number of nitrogens with one attached hydrogen (secondary N) is 1. The Hall–Kier alpha value is -1.65. The van der Waals surface area contributed by atoms with Crippen molar-refractivity contribution in [3.8, 4) is 17.1 Å². The highest BCUT2D eigenvalue weighted by atomic mass is 35.5. The van der Waals surface area contributed by atoms with Crippen LogP contribution in [0.15, 0.2) is 47.9 Å². The molecule has 0 aliphatic rings. The molecule has 0 spiro atoms. The molecule has 1 aromatic carbocycles. The van der Waals surface area contributed by atoms with Gasteiger partial charge in [-0.15, -0.1) is 10.2 Å². The van der Waals surface area contributed by atoms with Gasteiger partial charge in [-0.1, -0.05) is 35.0 Å². The van der Waals surface area contributed by atoms with Crippen LogP contribution in [-0.4, -0.2) is 46.7 Å². The van der Waals surface area contributed by atoms with Crippen LogP contribution in [-0.2, 0) is 10.0 Å². The summed E-state index contributed by atoms with van der Waals surface area (Å²) in [6, 6.07) is 8.94. The third-order valence-corrected chi connectivity index (χ3v) is 5.81. The summed E-state index contributed by atoms with van der Waals surface area (Å²) in [6.45, 7) is 0.278. The van der Waals surface area contributed by atoms with Gasteiger partial charge in [0, 0.05) is 30.3 Å². The largest absolute Gasteiger partial charge is 0.270 e. The number of rotatable bonds is 7. The third kappa shape index (κ3) is 5.20. The van der Waals surface area contributed by atoms with E-state index < -0.39 is 10.0 Å². The minimum Gasteiger partial charge on any atom is -0.270 e. The van der Waals surface area contributed by atoms with Crippen LogP contribution in [0.4, 0.5) is 0 Å². The van der Waals surface area contributed by atoms with E-state index in [2.05, 4.69) is 19.9 Å². The molecule has 2 heterocycles. The van der Waals surface area contributed by atoms with E-state index in [0.29, 0.717) is 26.8 Å². The van der Waals surface area contributed by atoms with Gasteiger partial charge in [-0.2, -0.15) is 0 Å². The topological polar surface area (TPSA) is 89.8 Å². The minimum atomic E-state index is -3.24. The van der Waals surface area contributed by atoms with Gasteiger partial charge in [0.1, 0.15) is 0 Å². The van der Waals surface area contributed by atoms with Gasteiger partial charge in [0.2, 0.25) is 10.0 Å². The maximum Gasteiger partial charge on any atom is 0.208 e. The van der Waals surface area contributed by atoms with Gasteiger partial charge in [0.25, 0.3) is 0 Å². The molecule has 0 aliphatic heterocycles. The minimum absolute atomic E-state index is 0.278. The lowest BCUT2D eigenvalue weighted by Gasteiger charge is -2.11. The second-order valence-corrected chi connectivity index (χ2v) is 9.21. The first-order valence-corrected chi connectivity index (χ1v) is 11.4. The molecular formula is C16H15Cl2N5O2S2. The van der Waals surface area contributed by atoms with Gasteiger partial charge in [0.15, 0.2) is 11.0 Å². The van der Waals surface area contributed by atoms with Crippen LogP contribution >= 0.6 is 35.0 Å². The Kier molecular flexibility index (Phi) is 6.38. The zero-order valence-corrected chi connectivity index (χ0v) is 17.3. The summed E-state index contributed by atoms with van der Waals surface area (Å²) in [6.07, 6.45) is 4.49. The molecule has 0 radical (unpaired) electrons. The van der Waals surface area contributed by atoms with Crippen molar-refractivity contribution in [3.63, 3.8) is 0 Å². The summed E-state index contributed by atoms with van der Waals surface area (Å²) in [5, 5.41) is 9.99. The SMILES string of the molecule is CS(=O)(=O)NCCSc1nnc(-c2cccnc2)n1-c1ccc(Cl)c(Cl)c1. The predicted molar refractivity (Wildman–Crippen MR) is 108 cm³/mol. The Morgan fingerprint density at radius 3 is 2.67 bits per heavy atom. The number of halogens is 2. The molecule has 0 amide bonds. The van der Waals surface area contributed by atoms with Gasteiger partial charge in [-0.05, 0) is 30.3 Å². The molecule has 7 nitrogen and oxygen atoms in total. The van der Waals surface area contributed by atoms with E-state index in [1.165, 1.54) is 11.8 Å². The fourth-order valence-corrected chi connectivity index (χ4v) is 3.97. The number of pyridine rings is 1. The average molecular weight is 444 g/mol. The van der Waals surface area contributed by atoms with Crippen LogP contribution in [0, 0.1) is 0 Å². The van der Waals surface area contributed by atoms with E-state index in [1.54, 1.807) is 24.5 Å². The fourth-order valence-electron chi connectivity index (χ4n) is 2.27. The van der Waals surface area contributed by atoms with E-state index in [4.69, 9.17) is 23.2 Å². The van der Waals surface area contributed by atoms with Crippen molar-refractivity contribution < 1.29 is 8.42 Å². The Morgan fingerprint density at radius 1 is 1.19 bits per heavy atom. The summed E-state index contributed by atoms with van der Waals surface area (Å²) in [7, 11) is -3.24. The Balaban J connectivity index is 1.96. The van der Waals surface area contributed by atoms with Crippen LogP contribution in [0.2, 0.25) is 10.0 Å². The molecule has 142 valence electrons. The second-order valence-electron chi connectivity index (χ2n) is 5.50. The van der Waals surface area contributed by atoms with Crippen molar-refractivity contribution in [2.24, 2.45) is 0 Å². The number of nitrogens with zero attached hydrogens (tertiary/aromatic N) is 4. The van der Waals surface area contributed by atoms with Crippen LogP contribution in [0.1, 0.15) is 0 Å². The molecule has 0 saturated heterocycles. The Morgan fingerprint density at radius 2 is 2.00 bits per heavy atom. The molecule has 0 unspecified atom stereocenters. The summed E-state index contributed by atoms with van der Waals surface area (Å²) < 4.78 is 26.7. The predicted octanol–water partition coefficient (Wildman–Crippen LogP) is 3.28. The lowest BCUT2D eigenvalue weighted by atomic mass is 10.2. The highest BCUT2D eigenvalue weighted by Gasteiger charge is 2.17.